The number of hydrogen-bond donors (Lipinski definition) is 1. The fraction of sp³-hybridized carbons (Fsp3) is 0.692. The number of aliphatic hydroxyl groups excluding tert-OH is 1. The van der Waals surface area contributed by atoms with E-state index in [0.717, 1.165) is 13.1 Å². The van der Waals surface area contributed by atoms with Crippen molar-refractivity contribution in [2.24, 2.45) is 0 Å². The first kappa shape index (κ1) is 12.5. The second-order valence-corrected chi connectivity index (χ2v) is 5.23. The molecule has 1 atom stereocenters. The van der Waals surface area contributed by atoms with E-state index in [1.54, 1.807) is 18.6 Å². The molecule has 1 saturated heterocycles. The summed E-state index contributed by atoms with van der Waals surface area (Å²) < 4.78 is 0. The van der Waals surface area contributed by atoms with E-state index >= 15 is 0 Å². The molecule has 17 heavy (non-hydrogen) atoms. The van der Waals surface area contributed by atoms with Crippen molar-refractivity contribution in [2.75, 3.05) is 13.1 Å². The van der Waals surface area contributed by atoms with Gasteiger partial charge in [0.05, 0.1) is 11.9 Å². The maximum Gasteiger partial charge on any atom is 0.115 e. The van der Waals surface area contributed by atoms with Crippen molar-refractivity contribution in [2.45, 2.75) is 44.8 Å². The number of hydrogen-bond acceptors (Lipinski definition) is 4. The molecule has 1 aliphatic heterocycles. The number of likely N-dealkylation sites (tertiary alicyclic amines) is 1. The minimum Gasteiger partial charge on any atom is -0.385 e. The summed E-state index contributed by atoms with van der Waals surface area (Å²) in [4.78, 5) is 10.6. The fourth-order valence-electron chi connectivity index (χ4n) is 2.46. The number of piperidine rings is 1. The van der Waals surface area contributed by atoms with Gasteiger partial charge in [-0.2, -0.15) is 0 Å². The SMILES string of the molecule is CC(C)(C(O)c1cnccn1)N1CCCCC1. The van der Waals surface area contributed by atoms with Crippen LogP contribution in [0.3, 0.4) is 0 Å². The van der Waals surface area contributed by atoms with Crippen molar-refractivity contribution in [3.05, 3.63) is 24.3 Å². The van der Waals surface area contributed by atoms with E-state index in [1.807, 2.05) is 0 Å². The molecule has 1 aromatic rings. The second-order valence-electron chi connectivity index (χ2n) is 5.23. The lowest BCUT2D eigenvalue weighted by atomic mass is 9.90. The van der Waals surface area contributed by atoms with Gasteiger partial charge in [0.1, 0.15) is 6.10 Å². The zero-order valence-corrected chi connectivity index (χ0v) is 10.6. The van der Waals surface area contributed by atoms with Gasteiger partial charge in [0, 0.05) is 17.9 Å². The van der Waals surface area contributed by atoms with Crippen LogP contribution < -0.4 is 0 Å². The minimum absolute atomic E-state index is 0.281. The van der Waals surface area contributed by atoms with Crippen LogP contribution in [0.4, 0.5) is 0 Å². The third-order valence-corrected chi connectivity index (χ3v) is 3.70. The topological polar surface area (TPSA) is 49.3 Å². The molecule has 4 heteroatoms. The number of nitrogens with zero attached hydrogens (tertiary/aromatic N) is 3. The van der Waals surface area contributed by atoms with Crippen molar-refractivity contribution in [3.8, 4) is 0 Å². The van der Waals surface area contributed by atoms with E-state index in [9.17, 15) is 5.11 Å². The Labute approximate surface area is 103 Å². The van der Waals surface area contributed by atoms with Gasteiger partial charge in [0.25, 0.3) is 0 Å². The van der Waals surface area contributed by atoms with Gasteiger partial charge in [-0.3, -0.25) is 14.9 Å². The molecule has 1 aromatic heterocycles. The fourth-order valence-corrected chi connectivity index (χ4v) is 2.46. The average Bonchev–Trinajstić information content (AvgIpc) is 2.40. The number of aromatic nitrogens is 2. The normalized spacial score (nSPS) is 20.2. The van der Waals surface area contributed by atoms with Crippen LogP contribution in [0.15, 0.2) is 18.6 Å². The third-order valence-electron chi connectivity index (χ3n) is 3.70. The summed E-state index contributed by atoms with van der Waals surface area (Å²) in [5.41, 5.74) is 0.374. The Bertz CT molecular complexity index is 347. The van der Waals surface area contributed by atoms with Gasteiger partial charge in [-0.1, -0.05) is 6.42 Å². The quantitative estimate of drug-likeness (QED) is 0.867. The first-order valence-corrected chi connectivity index (χ1v) is 6.31. The summed E-state index contributed by atoms with van der Waals surface area (Å²) in [6.45, 7) is 6.28. The van der Waals surface area contributed by atoms with Crippen LogP contribution in [0, 0.1) is 0 Å². The molecule has 1 aliphatic rings. The van der Waals surface area contributed by atoms with Crippen LogP contribution in [-0.4, -0.2) is 38.6 Å². The van der Waals surface area contributed by atoms with E-state index in [0.29, 0.717) is 5.69 Å². The molecule has 0 radical (unpaired) electrons. The molecule has 0 bridgehead atoms. The molecule has 0 aromatic carbocycles. The lowest BCUT2D eigenvalue weighted by molar-refractivity contribution is -0.0231. The van der Waals surface area contributed by atoms with Crippen LogP contribution in [0.25, 0.3) is 0 Å². The summed E-state index contributed by atoms with van der Waals surface area (Å²) in [5, 5.41) is 10.5. The van der Waals surface area contributed by atoms with Crippen molar-refractivity contribution in [3.63, 3.8) is 0 Å². The van der Waals surface area contributed by atoms with Crippen molar-refractivity contribution >= 4 is 0 Å². The van der Waals surface area contributed by atoms with Gasteiger partial charge in [0.2, 0.25) is 0 Å². The molecule has 0 aliphatic carbocycles. The standard InChI is InChI=1S/C13H21N3O/c1-13(2,16-8-4-3-5-9-16)12(17)11-10-14-6-7-15-11/h6-7,10,12,17H,3-5,8-9H2,1-2H3. The van der Waals surface area contributed by atoms with E-state index in [2.05, 4.69) is 28.7 Å². The van der Waals surface area contributed by atoms with E-state index in [1.165, 1.54) is 19.3 Å². The molecule has 4 nitrogen and oxygen atoms in total. The van der Waals surface area contributed by atoms with E-state index in [-0.39, 0.29) is 5.54 Å². The smallest absolute Gasteiger partial charge is 0.115 e. The zero-order chi connectivity index (χ0) is 12.3. The Morgan fingerprint density at radius 3 is 2.53 bits per heavy atom. The monoisotopic (exact) mass is 235 g/mol. The van der Waals surface area contributed by atoms with Crippen LogP contribution in [-0.2, 0) is 0 Å². The van der Waals surface area contributed by atoms with Crippen LogP contribution in [0.5, 0.6) is 0 Å². The Morgan fingerprint density at radius 2 is 1.94 bits per heavy atom. The predicted octanol–water partition coefficient (Wildman–Crippen LogP) is 1.77. The predicted molar refractivity (Wildman–Crippen MR) is 66.5 cm³/mol. The molecule has 2 heterocycles. The minimum atomic E-state index is -0.589. The highest BCUT2D eigenvalue weighted by molar-refractivity contribution is 5.07. The molecule has 0 spiro atoms. The summed E-state index contributed by atoms with van der Waals surface area (Å²) in [6.07, 6.45) is 8.06. The van der Waals surface area contributed by atoms with Gasteiger partial charge >= 0.3 is 0 Å². The maximum absolute atomic E-state index is 10.5. The number of aliphatic hydroxyl groups is 1. The van der Waals surface area contributed by atoms with Crippen molar-refractivity contribution < 1.29 is 5.11 Å². The molecule has 0 amide bonds. The highest BCUT2D eigenvalue weighted by atomic mass is 16.3. The molecule has 2 rings (SSSR count). The van der Waals surface area contributed by atoms with Gasteiger partial charge in [-0.15, -0.1) is 0 Å². The van der Waals surface area contributed by atoms with E-state index < -0.39 is 6.10 Å². The molecule has 1 N–H and O–H groups in total. The molecule has 94 valence electrons. The van der Waals surface area contributed by atoms with Gasteiger partial charge in [-0.25, -0.2) is 0 Å². The first-order chi connectivity index (χ1) is 8.12. The van der Waals surface area contributed by atoms with E-state index in [4.69, 9.17) is 0 Å². The van der Waals surface area contributed by atoms with Crippen LogP contribution in [0.1, 0.15) is 44.9 Å². The third kappa shape index (κ3) is 2.64. The average molecular weight is 235 g/mol. The molecule has 1 fully saturated rings. The first-order valence-electron chi connectivity index (χ1n) is 6.31. The Kier molecular flexibility index (Phi) is 3.74. The van der Waals surface area contributed by atoms with Gasteiger partial charge in [-0.05, 0) is 39.8 Å². The Hall–Kier alpha value is -1.00. The summed E-state index contributed by atoms with van der Waals surface area (Å²) >= 11 is 0. The van der Waals surface area contributed by atoms with Crippen molar-refractivity contribution in [1.29, 1.82) is 0 Å². The molecular weight excluding hydrogens is 214 g/mol. The summed E-state index contributed by atoms with van der Waals surface area (Å²) in [7, 11) is 0. The Balaban J connectivity index is 2.13. The molecule has 1 unspecified atom stereocenters. The maximum atomic E-state index is 10.5. The van der Waals surface area contributed by atoms with Gasteiger partial charge < -0.3 is 5.11 Å². The Morgan fingerprint density at radius 1 is 1.24 bits per heavy atom. The zero-order valence-electron chi connectivity index (χ0n) is 10.6. The highest BCUT2D eigenvalue weighted by Gasteiger charge is 2.36. The highest BCUT2D eigenvalue weighted by Crippen LogP contribution is 2.31. The summed E-state index contributed by atoms with van der Waals surface area (Å²) in [6, 6.07) is 0. The second kappa shape index (κ2) is 5.10. The largest absolute Gasteiger partial charge is 0.385 e. The lowest BCUT2D eigenvalue weighted by Gasteiger charge is -2.43. The van der Waals surface area contributed by atoms with Crippen molar-refractivity contribution in [1.82, 2.24) is 14.9 Å². The lowest BCUT2D eigenvalue weighted by Crippen LogP contribution is -2.50. The number of rotatable bonds is 3. The summed E-state index contributed by atoms with van der Waals surface area (Å²) in [5.74, 6) is 0. The van der Waals surface area contributed by atoms with Crippen LogP contribution in [0.2, 0.25) is 0 Å². The molecular formula is C13H21N3O. The molecule has 0 saturated carbocycles. The van der Waals surface area contributed by atoms with Crippen LogP contribution >= 0.6 is 0 Å². The van der Waals surface area contributed by atoms with Gasteiger partial charge in [0.15, 0.2) is 0 Å².